The number of piperidine rings is 1. The van der Waals surface area contributed by atoms with E-state index in [2.05, 4.69) is 5.32 Å². The number of nitrogens with one attached hydrogen (secondary N) is 1. The van der Waals surface area contributed by atoms with Crippen LogP contribution in [0.1, 0.15) is 25.3 Å². The van der Waals surface area contributed by atoms with Gasteiger partial charge in [-0.2, -0.15) is 4.31 Å². The van der Waals surface area contributed by atoms with Crippen LogP contribution in [0.15, 0.2) is 47.4 Å². The van der Waals surface area contributed by atoms with Gasteiger partial charge < -0.3 is 10.2 Å². The molecule has 160 valence electrons. The maximum Gasteiger partial charge on any atom is 0.293 e. The van der Waals surface area contributed by atoms with Crippen molar-refractivity contribution in [2.45, 2.75) is 31.2 Å². The second-order valence-corrected chi connectivity index (χ2v) is 9.96. The molecule has 2 aliphatic rings. The number of hydrogen-bond acceptors (Lipinski definition) is 6. The van der Waals surface area contributed by atoms with Gasteiger partial charge in [-0.1, -0.05) is 25.1 Å². The summed E-state index contributed by atoms with van der Waals surface area (Å²) in [4.78, 5) is 13.3. The van der Waals surface area contributed by atoms with Crippen LogP contribution in [-0.4, -0.2) is 43.8 Å². The fourth-order valence-corrected chi connectivity index (χ4v) is 5.86. The predicted octanol–water partition coefficient (Wildman–Crippen LogP) is 3.45. The van der Waals surface area contributed by atoms with Crippen LogP contribution in [0.2, 0.25) is 0 Å². The Labute approximate surface area is 176 Å². The lowest BCUT2D eigenvalue weighted by molar-refractivity contribution is -0.384. The molecule has 0 aliphatic carbocycles. The maximum absolute atomic E-state index is 13.1. The van der Waals surface area contributed by atoms with Crippen LogP contribution in [0.4, 0.5) is 17.1 Å². The molecule has 0 bridgehead atoms. The molecule has 0 radical (unpaired) electrons. The Morgan fingerprint density at radius 2 is 1.97 bits per heavy atom. The van der Waals surface area contributed by atoms with Gasteiger partial charge in [-0.05, 0) is 42.5 Å². The molecule has 1 fully saturated rings. The van der Waals surface area contributed by atoms with E-state index in [0.717, 1.165) is 24.1 Å². The minimum atomic E-state index is -3.76. The number of rotatable bonds is 4. The molecule has 8 nitrogen and oxygen atoms in total. The zero-order valence-electron chi connectivity index (χ0n) is 17.0. The molecule has 2 aliphatic heterocycles. The second-order valence-electron chi connectivity index (χ2n) is 8.02. The molecule has 0 spiro atoms. The number of benzene rings is 2. The third-order valence-electron chi connectivity index (χ3n) is 5.82. The van der Waals surface area contributed by atoms with Gasteiger partial charge in [0.15, 0.2) is 0 Å². The number of nitro benzene ring substituents is 1. The van der Waals surface area contributed by atoms with Crippen LogP contribution in [0.5, 0.6) is 0 Å². The third kappa shape index (κ3) is 3.99. The molecule has 30 heavy (non-hydrogen) atoms. The highest BCUT2D eigenvalue weighted by atomic mass is 32.2. The largest absolute Gasteiger partial charge is 0.383 e. The zero-order chi connectivity index (χ0) is 21.3. The summed E-state index contributed by atoms with van der Waals surface area (Å²) in [6, 6.07) is 12.2. The van der Waals surface area contributed by atoms with Gasteiger partial charge in [0.25, 0.3) is 5.69 Å². The van der Waals surface area contributed by atoms with Crippen LogP contribution in [0.25, 0.3) is 0 Å². The van der Waals surface area contributed by atoms with E-state index in [4.69, 9.17) is 0 Å². The number of nitrogens with zero attached hydrogens (tertiary/aromatic N) is 3. The standard InChI is InChI=1S/C21H26N4O4S/c1-16-5-4-11-24(14-16)30(28,29)18-8-9-20(21(13-18)25(26)27)23-12-10-22-19-7-3-2-6-17(19)15-23/h2-3,6-9,13,16,22H,4-5,10-12,14-15H2,1H3/t16-/m0/s1. The number of fused-ring (bicyclic) bond motifs is 1. The van der Waals surface area contributed by atoms with E-state index in [0.29, 0.717) is 38.4 Å². The Kier molecular flexibility index (Phi) is 5.66. The Morgan fingerprint density at radius 1 is 1.17 bits per heavy atom. The highest BCUT2D eigenvalue weighted by Gasteiger charge is 2.31. The molecular weight excluding hydrogens is 404 g/mol. The quantitative estimate of drug-likeness (QED) is 0.590. The average Bonchev–Trinajstić information content (AvgIpc) is 2.95. The van der Waals surface area contributed by atoms with E-state index < -0.39 is 14.9 Å². The summed E-state index contributed by atoms with van der Waals surface area (Å²) in [5.41, 5.74) is 2.31. The summed E-state index contributed by atoms with van der Waals surface area (Å²) < 4.78 is 27.6. The van der Waals surface area contributed by atoms with Gasteiger partial charge in [-0.15, -0.1) is 0 Å². The molecule has 2 aromatic rings. The lowest BCUT2D eigenvalue weighted by Gasteiger charge is -2.30. The van der Waals surface area contributed by atoms with Crippen molar-refractivity contribution >= 4 is 27.1 Å². The zero-order valence-corrected chi connectivity index (χ0v) is 17.8. The summed E-state index contributed by atoms with van der Waals surface area (Å²) in [7, 11) is -3.76. The molecule has 0 aromatic heterocycles. The molecule has 0 saturated carbocycles. The van der Waals surface area contributed by atoms with Gasteiger partial charge in [0.05, 0.1) is 9.82 Å². The van der Waals surface area contributed by atoms with Gasteiger partial charge in [0, 0.05) is 44.5 Å². The van der Waals surface area contributed by atoms with Crippen molar-refractivity contribution in [1.82, 2.24) is 4.31 Å². The van der Waals surface area contributed by atoms with Crippen LogP contribution in [-0.2, 0) is 16.6 Å². The first-order valence-corrected chi connectivity index (χ1v) is 11.7. The number of anilines is 2. The molecule has 9 heteroatoms. The van der Waals surface area contributed by atoms with E-state index in [1.165, 1.54) is 16.4 Å². The molecular formula is C21H26N4O4S. The Balaban J connectivity index is 1.68. The Hall–Kier alpha value is -2.65. The minimum absolute atomic E-state index is 0.0135. The molecule has 0 amide bonds. The summed E-state index contributed by atoms with van der Waals surface area (Å²) in [5, 5.41) is 15.2. The lowest BCUT2D eigenvalue weighted by atomic mass is 10.0. The van der Waals surface area contributed by atoms with E-state index in [-0.39, 0.29) is 16.5 Å². The van der Waals surface area contributed by atoms with Gasteiger partial charge in [-0.3, -0.25) is 10.1 Å². The third-order valence-corrected chi connectivity index (χ3v) is 7.68. The van der Waals surface area contributed by atoms with Gasteiger partial charge in [0.1, 0.15) is 5.69 Å². The van der Waals surface area contributed by atoms with E-state index in [1.54, 1.807) is 6.07 Å². The molecule has 4 rings (SSSR count). The predicted molar refractivity (Wildman–Crippen MR) is 116 cm³/mol. The van der Waals surface area contributed by atoms with E-state index in [1.807, 2.05) is 36.1 Å². The SMILES string of the molecule is C[C@H]1CCCN(S(=O)(=O)c2ccc(N3CCNc4ccccc4C3)c([N+](=O)[O-])c2)C1. The molecule has 1 N–H and O–H groups in total. The first-order valence-electron chi connectivity index (χ1n) is 10.2. The molecule has 1 saturated heterocycles. The van der Waals surface area contributed by atoms with Gasteiger partial charge in [0.2, 0.25) is 10.0 Å². The first-order chi connectivity index (χ1) is 14.4. The normalized spacial score (nSPS) is 20.2. The van der Waals surface area contributed by atoms with E-state index in [9.17, 15) is 18.5 Å². The average molecular weight is 431 g/mol. The highest BCUT2D eigenvalue weighted by Crippen LogP contribution is 2.35. The Morgan fingerprint density at radius 3 is 2.73 bits per heavy atom. The van der Waals surface area contributed by atoms with Crippen molar-refractivity contribution < 1.29 is 13.3 Å². The molecule has 2 aromatic carbocycles. The second kappa shape index (κ2) is 8.23. The summed E-state index contributed by atoms with van der Waals surface area (Å²) in [6.45, 7) is 4.66. The van der Waals surface area contributed by atoms with Crippen LogP contribution in [0, 0.1) is 16.0 Å². The fourth-order valence-electron chi connectivity index (χ4n) is 4.24. The van der Waals surface area contributed by atoms with Crippen molar-refractivity contribution in [1.29, 1.82) is 0 Å². The number of hydrogen-bond donors (Lipinski definition) is 1. The van der Waals surface area contributed by atoms with Gasteiger partial charge in [-0.25, -0.2) is 8.42 Å². The lowest BCUT2D eigenvalue weighted by Crippen LogP contribution is -2.39. The van der Waals surface area contributed by atoms with Crippen molar-refractivity contribution in [2.75, 3.05) is 36.4 Å². The van der Waals surface area contributed by atoms with E-state index >= 15 is 0 Å². The first kappa shape index (κ1) is 20.6. The number of para-hydroxylation sites is 1. The smallest absolute Gasteiger partial charge is 0.293 e. The summed E-state index contributed by atoms with van der Waals surface area (Å²) in [6.07, 6.45) is 1.80. The Bertz CT molecular complexity index is 1060. The summed E-state index contributed by atoms with van der Waals surface area (Å²) in [5.74, 6) is 0.285. The molecule has 2 heterocycles. The fraction of sp³-hybridized carbons (Fsp3) is 0.429. The maximum atomic E-state index is 13.1. The van der Waals surface area contributed by atoms with Crippen molar-refractivity contribution in [3.63, 3.8) is 0 Å². The van der Waals surface area contributed by atoms with Crippen molar-refractivity contribution in [3.05, 3.63) is 58.1 Å². The molecule has 0 unspecified atom stereocenters. The number of sulfonamides is 1. The van der Waals surface area contributed by atoms with Crippen LogP contribution in [0.3, 0.4) is 0 Å². The van der Waals surface area contributed by atoms with Crippen molar-refractivity contribution in [3.8, 4) is 0 Å². The highest BCUT2D eigenvalue weighted by molar-refractivity contribution is 7.89. The summed E-state index contributed by atoms with van der Waals surface area (Å²) >= 11 is 0. The monoisotopic (exact) mass is 430 g/mol. The van der Waals surface area contributed by atoms with Gasteiger partial charge >= 0.3 is 0 Å². The topological polar surface area (TPSA) is 95.8 Å². The minimum Gasteiger partial charge on any atom is -0.383 e. The van der Waals surface area contributed by atoms with Crippen LogP contribution < -0.4 is 10.2 Å². The number of nitro groups is 1. The van der Waals surface area contributed by atoms with Crippen molar-refractivity contribution in [2.24, 2.45) is 5.92 Å². The van der Waals surface area contributed by atoms with Crippen LogP contribution >= 0.6 is 0 Å². The molecule has 1 atom stereocenters.